The van der Waals surface area contributed by atoms with E-state index in [0.717, 1.165) is 25.3 Å². The fourth-order valence-electron chi connectivity index (χ4n) is 1.75. The number of rotatable bonds is 9. The van der Waals surface area contributed by atoms with Gasteiger partial charge in [0.25, 0.3) is 0 Å². The molecule has 0 saturated heterocycles. The van der Waals surface area contributed by atoms with Crippen LogP contribution in [-0.2, 0) is 18.7 Å². The van der Waals surface area contributed by atoms with E-state index < -0.39 is 0 Å². The highest BCUT2D eigenvalue weighted by atomic mass is 32.2. The predicted molar refractivity (Wildman–Crippen MR) is 84.5 cm³/mol. The van der Waals surface area contributed by atoms with E-state index in [1.807, 2.05) is 23.1 Å². The van der Waals surface area contributed by atoms with E-state index in [4.69, 9.17) is 4.98 Å². The maximum absolute atomic E-state index is 4.82. The van der Waals surface area contributed by atoms with Crippen LogP contribution >= 0.6 is 23.1 Å². The van der Waals surface area contributed by atoms with Gasteiger partial charge in [-0.25, -0.2) is 4.98 Å². The molecule has 0 atom stereocenters. The van der Waals surface area contributed by atoms with Crippen LogP contribution in [0.5, 0.6) is 0 Å². The third kappa shape index (κ3) is 5.72. The second-order valence-electron chi connectivity index (χ2n) is 4.89. The Hall–Kier alpha value is -0.0600. The predicted octanol–water partition coefficient (Wildman–Crippen LogP) is 4.09. The molecule has 4 heteroatoms. The average Bonchev–Trinajstić information content (AvgIpc) is 2.69. The number of hydrogen-bond donors (Lipinski definition) is 1. The van der Waals surface area contributed by atoms with Crippen molar-refractivity contribution in [1.29, 1.82) is 0 Å². The molecule has 2 nitrogen and oxygen atoms in total. The van der Waals surface area contributed by atoms with Crippen LogP contribution < -0.4 is 5.32 Å². The molecule has 0 bridgehead atoms. The molecule has 18 heavy (non-hydrogen) atoms. The van der Waals surface area contributed by atoms with Crippen molar-refractivity contribution in [3.05, 3.63) is 15.6 Å². The molecule has 1 N–H and O–H groups in total. The lowest BCUT2D eigenvalue weighted by molar-refractivity contribution is 0.622. The Morgan fingerprint density at radius 2 is 2.11 bits per heavy atom. The van der Waals surface area contributed by atoms with Gasteiger partial charge in [0.1, 0.15) is 5.01 Å². The first-order valence-electron chi connectivity index (χ1n) is 6.93. The lowest BCUT2D eigenvalue weighted by Crippen LogP contribution is -2.14. The Balaban J connectivity index is 2.66. The Morgan fingerprint density at radius 1 is 1.33 bits per heavy atom. The number of nitrogens with one attached hydrogen (secondary N) is 1. The molecular weight excluding hydrogens is 260 g/mol. The summed E-state index contributed by atoms with van der Waals surface area (Å²) in [5.41, 5.74) is 1.32. The zero-order valence-electron chi connectivity index (χ0n) is 12.1. The topological polar surface area (TPSA) is 24.9 Å². The minimum Gasteiger partial charge on any atom is -0.312 e. The maximum Gasteiger partial charge on any atom is 0.103 e. The lowest BCUT2D eigenvalue weighted by atomic mass is 10.1. The van der Waals surface area contributed by atoms with E-state index in [2.05, 4.69) is 33.0 Å². The Labute approximate surface area is 120 Å². The first kappa shape index (κ1) is 16.0. The van der Waals surface area contributed by atoms with Gasteiger partial charge in [0.2, 0.25) is 0 Å². The molecule has 0 aliphatic rings. The van der Waals surface area contributed by atoms with Crippen LogP contribution in [-0.4, -0.2) is 17.3 Å². The number of nitrogens with zero attached hydrogens (tertiary/aromatic N) is 1. The van der Waals surface area contributed by atoms with Gasteiger partial charge in [-0.1, -0.05) is 27.7 Å². The standard InChI is InChI=1S/C14H26N2S2/c1-5-7-15-9-13-12(8-11(3)4)16-14(18-13)10-17-6-2/h11,15H,5-10H2,1-4H3. The Bertz CT molecular complexity index is 335. The quantitative estimate of drug-likeness (QED) is 0.692. The van der Waals surface area contributed by atoms with Gasteiger partial charge in [0, 0.05) is 17.2 Å². The monoisotopic (exact) mass is 286 g/mol. The number of hydrogen-bond acceptors (Lipinski definition) is 4. The smallest absolute Gasteiger partial charge is 0.103 e. The summed E-state index contributed by atoms with van der Waals surface area (Å²) in [6.45, 7) is 11.0. The van der Waals surface area contributed by atoms with Gasteiger partial charge in [0.15, 0.2) is 0 Å². The summed E-state index contributed by atoms with van der Waals surface area (Å²) in [4.78, 5) is 6.27. The average molecular weight is 287 g/mol. The molecule has 0 unspecified atom stereocenters. The highest BCUT2D eigenvalue weighted by molar-refractivity contribution is 7.98. The van der Waals surface area contributed by atoms with Crippen molar-refractivity contribution in [2.75, 3.05) is 12.3 Å². The fourth-order valence-corrected chi connectivity index (χ4v) is 3.54. The van der Waals surface area contributed by atoms with Gasteiger partial charge in [-0.3, -0.25) is 0 Å². The van der Waals surface area contributed by atoms with Crippen molar-refractivity contribution in [2.24, 2.45) is 5.92 Å². The molecule has 104 valence electrons. The van der Waals surface area contributed by atoms with E-state index >= 15 is 0 Å². The van der Waals surface area contributed by atoms with Crippen LogP contribution in [0, 0.1) is 5.92 Å². The summed E-state index contributed by atoms with van der Waals surface area (Å²) in [6, 6.07) is 0. The van der Waals surface area contributed by atoms with Crippen molar-refractivity contribution >= 4 is 23.1 Å². The van der Waals surface area contributed by atoms with E-state index in [9.17, 15) is 0 Å². The third-order valence-corrected chi connectivity index (χ3v) is 4.73. The Morgan fingerprint density at radius 3 is 2.72 bits per heavy atom. The Kier molecular flexibility index (Phi) is 7.95. The highest BCUT2D eigenvalue weighted by Gasteiger charge is 2.12. The molecule has 0 radical (unpaired) electrons. The first-order chi connectivity index (χ1) is 8.67. The molecule has 0 amide bonds. The van der Waals surface area contributed by atoms with Crippen LogP contribution in [0.1, 0.15) is 49.7 Å². The largest absolute Gasteiger partial charge is 0.312 e. The zero-order valence-corrected chi connectivity index (χ0v) is 13.7. The minimum atomic E-state index is 0.684. The molecular formula is C14H26N2S2. The van der Waals surface area contributed by atoms with E-state index in [0.29, 0.717) is 5.92 Å². The van der Waals surface area contributed by atoms with E-state index in [1.54, 1.807) is 0 Å². The first-order valence-corrected chi connectivity index (χ1v) is 8.90. The molecule has 0 spiro atoms. The van der Waals surface area contributed by atoms with Gasteiger partial charge >= 0.3 is 0 Å². The summed E-state index contributed by atoms with van der Waals surface area (Å²) < 4.78 is 0. The van der Waals surface area contributed by atoms with E-state index in [-0.39, 0.29) is 0 Å². The van der Waals surface area contributed by atoms with Crippen LogP contribution in [0.3, 0.4) is 0 Å². The van der Waals surface area contributed by atoms with E-state index in [1.165, 1.54) is 27.8 Å². The number of aromatic nitrogens is 1. The molecule has 0 saturated carbocycles. The van der Waals surface area contributed by atoms with Gasteiger partial charge in [-0.2, -0.15) is 11.8 Å². The molecule has 0 aliphatic carbocycles. The fraction of sp³-hybridized carbons (Fsp3) is 0.786. The number of thioether (sulfide) groups is 1. The molecule has 1 heterocycles. The molecule has 1 aromatic heterocycles. The van der Waals surface area contributed by atoms with Crippen molar-refractivity contribution in [3.63, 3.8) is 0 Å². The van der Waals surface area contributed by atoms with Gasteiger partial charge in [-0.15, -0.1) is 11.3 Å². The SMILES string of the molecule is CCCNCc1sc(CSCC)nc1CC(C)C. The van der Waals surface area contributed by atoms with Crippen LogP contribution in [0.4, 0.5) is 0 Å². The molecule has 0 aliphatic heterocycles. The van der Waals surface area contributed by atoms with Crippen LogP contribution in [0.15, 0.2) is 0 Å². The third-order valence-electron chi connectivity index (χ3n) is 2.57. The second kappa shape index (κ2) is 8.94. The summed E-state index contributed by atoms with van der Waals surface area (Å²) in [7, 11) is 0. The summed E-state index contributed by atoms with van der Waals surface area (Å²) in [5.74, 6) is 2.92. The van der Waals surface area contributed by atoms with Crippen molar-refractivity contribution < 1.29 is 0 Å². The van der Waals surface area contributed by atoms with Crippen LogP contribution in [0.2, 0.25) is 0 Å². The highest BCUT2D eigenvalue weighted by Crippen LogP contribution is 2.24. The van der Waals surface area contributed by atoms with Crippen molar-refractivity contribution in [2.45, 2.75) is 52.8 Å². The summed E-state index contributed by atoms with van der Waals surface area (Å²) >= 11 is 3.86. The van der Waals surface area contributed by atoms with Gasteiger partial charge in [0.05, 0.1) is 5.69 Å². The molecule has 1 rings (SSSR count). The van der Waals surface area contributed by atoms with Crippen molar-refractivity contribution in [1.82, 2.24) is 10.3 Å². The second-order valence-corrected chi connectivity index (χ2v) is 7.33. The minimum absolute atomic E-state index is 0.684. The summed E-state index contributed by atoms with van der Waals surface area (Å²) in [6.07, 6.45) is 2.30. The summed E-state index contributed by atoms with van der Waals surface area (Å²) in [5, 5.41) is 4.80. The lowest BCUT2D eigenvalue weighted by Gasteiger charge is -2.05. The molecule has 0 aromatic carbocycles. The maximum atomic E-state index is 4.82. The normalized spacial score (nSPS) is 11.4. The van der Waals surface area contributed by atoms with Crippen LogP contribution in [0.25, 0.3) is 0 Å². The number of thiazole rings is 1. The molecule has 0 fully saturated rings. The van der Waals surface area contributed by atoms with Gasteiger partial charge < -0.3 is 5.32 Å². The van der Waals surface area contributed by atoms with Crippen molar-refractivity contribution in [3.8, 4) is 0 Å². The molecule has 1 aromatic rings. The van der Waals surface area contributed by atoms with Gasteiger partial charge in [-0.05, 0) is 31.1 Å². The zero-order chi connectivity index (χ0) is 13.4.